The Bertz CT molecular complexity index is 918. The molecule has 0 aliphatic carbocycles. The predicted octanol–water partition coefficient (Wildman–Crippen LogP) is 4.38. The lowest BCUT2D eigenvalue weighted by atomic mass is 10.2. The van der Waals surface area contributed by atoms with Crippen molar-refractivity contribution >= 4 is 51.7 Å². The van der Waals surface area contributed by atoms with Crippen LogP contribution < -0.4 is 5.32 Å². The fraction of sp³-hybridized carbons (Fsp3) is 0.211. The van der Waals surface area contributed by atoms with Crippen molar-refractivity contribution in [1.82, 2.24) is 4.90 Å². The van der Waals surface area contributed by atoms with Crippen molar-refractivity contribution in [1.29, 1.82) is 0 Å². The van der Waals surface area contributed by atoms with E-state index >= 15 is 0 Å². The molecule has 1 atom stereocenters. The third kappa shape index (κ3) is 4.67. The molecule has 1 heterocycles. The highest BCUT2D eigenvalue weighted by molar-refractivity contribution is 8.15. The highest BCUT2D eigenvalue weighted by Gasteiger charge is 2.34. The Labute approximate surface area is 165 Å². The Morgan fingerprint density at radius 3 is 2.67 bits per heavy atom. The molecule has 1 N–H and O–H groups in total. The Hall–Kier alpha value is -2.38. The summed E-state index contributed by atoms with van der Waals surface area (Å²) in [5, 5.41) is 3.11. The molecule has 140 valence electrons. The first-order valence-corrected chi connectivity index (χ1v) is 9.44. The molecule has 3 rings (SSSR count). The molecule has 0 radical (unpaired) electrons. The molecule has 27 heavy (non-hydrogen) atoms. The van der Waals surface area contributed by atoms with Crippen LogP contribution in [-0.4, -0.2) is 34.2 Å². The second-order valence-corrected chi connectivity index (χ2v) is 7.66. The Balaban J connectivity index is 1.77. The number of carbonyl (C=O) groups is 2. The topological polar surface area (TPSA) is 61.8 Å². The molecule has 8 heteroatoms. The summed E-state index contributed by atoms with van der Waals surface area (Å²) in [6, 6.07) is 10.8. The number of hydrogen-bond acceptors (Lipinski definition) is 4. The van der Waals surface area contributed by atoms with Gasteiger partial charge in [-0.3, -0.25) is 14.5 Å². The van der Waals surface area contributed by atoms with Crippen LogP contribution in [0.2, 0.25) is 5.02 Å². The molecule has 2 aromatic carbocycles. The van der Waals surface area contributed by atoms with E-state index in [1.54, 1.807) is 19.2 Å². The molecule has 5 nitrogen and oxygen atoms in total. The second-order valence-electron chi connectivity index (χ2n) is 6.09. The van der Waals surface area contributed by atoms with Gasteiger partial charge in [0.1, 0.15) is 11.1 Å². The van der Waals surface area contributed by atoms with Crippen LogP contribution in [0.4, 0.5) is 15.8 Å². The van der Waals surface area contributed by atoms with E-state index in [0.29, 0.717) is 21.6 Å². The van der Waals surface area contributed by atoms with Gasteiger partial charge in [-0.2, -0.15) is 0 Å². The predicted molar refractivity (Wildman–Crippen MR) is 107 cm³/mol. The molecular formula is C19H17ClFN3O2S. The summed E-state index contributed by atoms with van der Waals surface area (Å²) < 4.78 is 13.1. The maximum absolute atomic E-state index is 13.1. The Morgan fingerprint density at radius 1 is 1.30 bits per heavy atom. The fourth-order valence-corrected chi connectivity index (χ4v) is 3.66. The van der Waals surface area contributed by atoms with Crippen molar-refractivity contribution in [3.8, 4) is 0 Å². The van der Waals surface area contributed by atoms with E-state index in [0.717, 1.165) is 5.56 Å². The molecule has 2 amide bonds. The normalized spacial score (nSPS) is 18.7. The number of nitrogens with one attached hydrogen (secondary N) is 1. The highest BCUT2D eigenvalue weighted by Crippen LogP contribution is 2.29. The van der Waals surface area contributed by atoms with Crippen molar-refractivity contribution in [3.05, 3.63) is 58.9 Å². The van der Waals surface area contributed by atoms with Crippen LogP contribution in [-0.2, 0) is 9.59 Å². The van der Waals surface area contributed by atoms with Crippen LogP contribution in [0.25, 0.3) is 0 Å². The Kier molecular flexibility index (Phi) is 5.82. The van der Waals surface area contributed by atoms with Crippen molar-refractivity contribution in [2.24, 2.45) is 4.99 Å². The minimum absolute atomic E-state index is 0.0645. The third-order valence-corrected chi connectivity index (χ3v) is 5.70. The van der Waals surface area contributed by atoms with E-state index in [4.69, 9.17) is 11.6 Å². The molecule has 2 aromatic rings. The van der Waals surface area contributed by atoms with Gasteiger partial charge in [-0.1, -0.05) is 29.4 Å². The molecule has 0 aromatic heterocycles. The minimum atomic E-state index is -0.618. The average Bonchev–Trinajstić information content (AvgIpc) is 2.63. The maximum Gasteiger partial charge on any atom is 0.238 e. The van der Waals surface area contributed by atoms with Crippen LogP contribution in [0.1, 0.15) is 12.0 Å². The number of halogens is 2. The number of carbonyl (C=O) groups excluding carboxylic acids is 2. The number of aryl methyl sites for hydroxylation is 1. The monoisotopic (exact) mass is 405 g/mol. The number of nitrogens with zero attached hydrogens (tertiary/aromatic N) is 2. The molecule has 1 fully saturated rings. The van der Waals surface area contributed by atoms with E-state index in [-0.39, 0.29) is 24.1 Å². The van der Waals surface area contributed by atoms with Gasteiger partial charge in [0.15, 0.2) is 5.17 Å². The van der Waals surface area contributed by atoms with Crippen molar-refractivity contribution in [2.45, 2.75) is 18.6 Å². The molecule has 0 saturated carbocycles. The van der Waals surface area contributed by atoms with E-state index in [1.165, 1.54) is 40.9 Å². The van der Waals surface area contributed by atoms with Gasteiger partial charge in [-0.15, -0.1) is 0 Å². The summed E-state index contributed by atoms with van der Waals surface area (Å²) in [4.78, 5) is 30.7. The summed E-state index contributed by atoms with van der Waals surface area (Å²) in [6.45, 7) is 1.87. The van der Waals surface area contributed by atoms with Gasteiger partial charge >= 0.3 is 0 Å². The van der Waals surface area contributed by atoms with Crippen molar-refractivity contribution < 1.29 is 14.0 Å². The van der Waals surface area contributed by atoms with Gasteiger partial charge < -0.3 is 5.32 Å². The number of rotatable bonds is 3. The van der Waals surface area contributed by atoms with E-state index in [2.05, 4.69) is 10.3 Å². The van der Waals surface area contributed by atoms with E-state index in [9.17, 15) is 14.0 Å². The molecule has 1 aliphatic heterocycles. The zero-order valence-corrected chi connectivity index (χ0v) is 16.3. The number of benzene rings is 2. The number of amides is 2. The number of aliphatic imine (C=N–C) groups is 1. The number of thioether (sulfide) groups is 1. The lowest BCUT2D eigenvalue weighted by molar-refractivity contribution is -0.128. The molecule has 1 unspecified atom stereocenters. The van der Waals surface area contributed by atoms with Crippen molar-refractivity contribution in [3.63, 3.8) is 0 Å². The SMILES string of the molecule is Cc1ccc(NC(=O)C2CC(=O)N(C)C(=Nc3ccc(F)cc3)S2)cc1Cl. The summed E-state index contributed by atoms with van der Waals surface area (Å²) in [5.41, 5.74) is 1.98. The summed E-state index contributed by atoms with van der Waals surface area (Å²) in [5.74, 6) is -0.876. The van der Waals surface area contributed by atoms with Gasteiger partial charge in [-0.05, 0) is 48.9 Å². The number of amidine groups is 1. The molecular weight excluding hydrogens is 389 g/mol. The summed E-state index contributed by atoms with van der Waals surface area (Å²) >= 11 is 7.28. The van der Waals surface area contributed by atoms with E-state index < -0.39 is 5.25 Å². The quantitative estimate of drug-likeness (QED) is 0.824. The van der Waals surface area contributed by atoms with Crippen LogP contribution in [0.5, 0.6) is 0 Å². The minimum Gasteiger partial charge on any atom is -0.325 e. The first-order chi connectivity index (χ1) is 12.8. The van der Waals surface area contributed by atoms with Gasteiger partial charge in [0, 0.05) is 24.2 Å². The van der Waals surface area contributed by atoms with Crippen LogP contribution in [0.3, 0.4) is 0 Å². The van der Waals surface area contributed by atoms with Crippen LogP contribution in [0.15, 0.2) is 47.5 Å². The zero-order valence-electron chi connectivity index (χ0n) is 14.7. The molecule has 0 bridgehead atoms. The lowest BCUT2D eigenvalue weighted by Gasteiger charge is -2.28. The molecule has 1 aliphatic rings. The summed E-state index contributed by atoms with van der Waals surface area (Å²) in [6.07, 6.45) is 0.0645. The largest absolute Gasteiger partial charge is 0.325 e. The van der Waals surface area contributed by atoms with Crippen molar-refractivity contribution in [2.75, 3.05) is 12.4 Å². The van der Waals surface area contributed by atoms with E-state index in [1.807, 2.05) is 13.0 Å². The molecule has 0 spiro atoms. The first-order valence-electron chi connectivity index (χ1n) is 8.18. The van der Waals surface area contributed by atoms with Gasteiger partial charge in [0.25, 0.3) is 0 Å². The molecule has 1 saturated heterocycles. The van der Waals surface area contributed by atoms with Crippen LogP contribution in [0, 0.1) is 12.7 Å². The third-order valence-electron chi connectivity index (χ3n) is 4.05. The Morgan fingerprint density at radius 2 is 2.00 bits per heavy atom. The highest BCUT2D eigenvalue weighted by atomic mass is 35.5. The second kappa shape index (κ2) is 8.10. The zero-order chi connectivity index (χ0) is 19.6. The fourth-order valence-electron chi connectivity index (χ4n) is 2.42. The smallest absolute Gasteiger partial charge is 0.238 e. The average molecular weight is 406 g/mol. The number of hydrogen-bond donors (Lipinski definition) is 1. The summed E-state index contributed by atoms with van der Waals surface area (Å²) in [7, 11) is 1.60. The van der Waals surface area contributed by atoms with Gasteiger partial charge in [-0.25, -0.2) is 9.38 Å². The lowest BCUT2D eigenvalue weighted by Crippen LogP contribution is -2.43. The number of anilines is 1. The standard InChI is InChI=1S/C19H17ClFN3O2S/c1-11-3-6-14(9-15(11)20)22-18(26)16-10-17(25)24(2)19(27-16)23-13-7-4-12(21)5-8-13/h3-9,16H,10H2,1-2H3,(H,22,26). The van der Waals surface area contributed by atoms with Crippen LogP contribution >= 0.6 is 23.4 Å². The first kappa shape index (κ1) is 19.4. The maximum atomic E-state index is 13.1. The van der Waals surface area contributed by atoms with Gasteiger partial charge in [0.05, 0.1) is 5.69 Å². The van der Waals surface area contributed by atoms with Gasteiger partial charge in [0.2, 0.25) is 11.8 Å².